The van der Waals surface area contributed by atoms with Crippen LogP contribution in [0.2, 0.25) is 0 Å². The number of rotatable bonds is 4. The molecule has 0 bridgehead atoms. The van der Waals surface area contributed by atoms with Crippen LogP contribution in [-0.4, -0.2) is 5.84 Å². The average molecular weight is 402 g/mol. The largest absolute Gasteiger partial charge is 0.287 e. The molecule has 0 fully saturated rings. The Labute approximate surface area is 181 Å². The topological polar surface area (TPSA) is 65.8 Å². The van der Waals surface area contributed by atoms with Crippen LogP contribution < -0.4 is 16.1 Å². The molecule has 5 aromatic rings. The summed E-state index contributed by atoms with van der Waals surface area (Å²) in [6.45, 7) is 0. The predicted octanol–water partition coefficient (Wildman–Crippen LogP) is 4.12. The number of pyridine rings is 1. The van der Waals surface area contributed by atoms with Gasteiger partial charge in [0.15, 0.2) is 6.20 Å². The van der Waals surface area contributed by atoms with Gasteiger partial charge < -0.3 is 0 Å². The van der Waals surface area contributed by atoms with Crippen LogP contribution in [0.5, 0.6) is 0 Å². The normalized spacial score (nSPS) is 10.8. The van der Waals surface area contributed by atoms with Gasteiger partial charge in [-0.3, -0.25) is 11.1 Å². The van der Waals surface area contributed by atoms with Crippen LogP contribution >= 0.6 is 0 Å². The molecule has 0 aliphatic carbocycles. The molecule has 5 N–H and O–H groups in total. The Morgan fingerprint density at radius 3 is 2.13 bits per heavy atom. The van der Waals surface area contributed by atoms with Gasteiger partial charge in [0.2, 0.25) is 5.52 Å². The smallest absolute Gasteiger partial charge is 0.270 e. The quantitative estimate of drug-likeness (QED) is 0.345. The second kappa shape index (κ2) is 7.88. The minimum absolute atomic E-state index is 0.324. The van der Waals surface area contributed by atoms with Crippen LogP contribution in [0, 0.1) is 0 Å². The fraction of sp³-hybridized carbons (Fsp3) is 0. The van der Waals surface area contributed by atoms with Crippen molar-refractivity contribution in [1.82, 2.24) is 0 Å². The predicted molar refractivity (Wildman–Crippen MR) is 127 cm³/mol. The molecule has 0 amide bonds. The summed E-state index contributed by atoms with van der Waals surface area (Å²) >= 11 is 0. The van der Waals surface area contributed by atoms with E-state index in [-0.39, 0.29) is 0 Å². The van der Waals surface area contributed by atoms with Crippen molar-refractivity contribution in [2.75, 3.05) is 0 Å². The van der Waals surface area contributed by atoms with E-state index in [1.165, 1.54) is 27.6 Å². The van der Waals surface area contributed by atoms with E-state index in [4.69, 9.17) is 11.1 Å². The van der Waals surface area contributed by atoms with E-state index in [9.17, 15) is 0 Å². The first-order chi connectivity index (χ1) is 15.2. The Bertz CT molecular complexity index is 1400. The van der Waals surface area contributed by atoms with Crippen LogP contribution in [-0.2, 0) is 0 Å². The Hall–Kier alpha value is -4.24. The highest BCUT2D eigenvalue weighted by Crippen LogP contribution is 2.34. The summed E-state index contributed by atoms with van der Waals surface area (Å²) in [5.41, 5.74) is 14.7. The second-order valence-electron chi connectivity index (χ2n) is 7.64. The Kier molecular flexibility index (Phi) is 4.77. The van der Waals surface area contributed by atoms with Crippen molar-refractivity contribution in [1.29, 1.82) is 0 Å². The van der Waals surface area contributed by atoms with Crippen LogP contribution in [0.3, 0.4) is 0 Å². The summed E-state index contributed by atoms with van der Waals surface area (Å²) in [5, 5.41) is 7.01. The number of nitrogens with two attached hydrogens (primary N) is 2. The number of H-pyrrole nitrogens is 1. The third kappa shape index (κ3) is 3.69. The number of hydrogen-bond acceptors (Lipinski definition) is 0. The maximum atomic E-state index is 5.83. The van der Waals surface area contributed by atoms with Crippen molar-refractivity contribution in [3.8, 4) is 33.4 Å². The third-order valence-corrected chi connectivity index (χ3v) is 5.59. The number of aromatic nitrogens is 1. The molecule has 0 saturated heterocycles. The number of benzene rings is 4. The van der Waals surface area contributed by atoms with Crippen molar-refractivity contribution in [2.24, 2.45) is 5.73 Å². The summed E-state index contributed by atoms with van der Waals surface area (Å²) in [7, 11) is 0. The first-order valence-electron chi connectivity index (χ1n) is 10.3. The molecule has 0 saturated carbocycles. The lowest BCUT2D eigenvalue weighted by molar-refractivity contribution is -0.344. The SMILES string of the molecule is NC(=[NH2+])c1cccc(-c2cc(-c3cccc(-c4ccccc4)c3)c3ccc[nH+]c3c2)c1. The second-order valence-corrected chi connectivity index (χ2v) is 7.64. The summed E-state index contributed by atoms with van der Waals surface area (Å²) in [5.74, 6) is 0.324. The molecule has 31 heavy (non-hydrogen) atoms. The van der Waals surface area contributed by atoms with Crippen LogP contribution in [0.1, 0.15) is 5.56 Å². The molecule has 0 aliphatic heterocycles. The lowest BCUT2D eigenvalue weighted by Crippen LogP contribution is -2.46. The number of amidine groups is 1. The molecule has 0 unspecified atom stereocenters. The Morgan fingerprint density at radius 1 is 0.613 bits per heavy atom. The maximum Gasteiger partial charge on any atom is 0.270 e. The van der Waals surface area contributed by atoms with Gasteiger partial charge in [-0.2, -0.15) is 0 Å². The van der Waals surface area contributed by atoms with Gasteiger partial charge in [0.05, 0.1) is 10.9 Å². The summed E-state index contributed by atoms with van der Waals surface area (Å²) in [6.07, 6.45) is 1.96. The molecule has 0 aliphatic rings. The molecule has 0 radical (unpaired) electrons. The lowest BCUT2D eigenvalue weighted by Gasteiger charge is -2.11. The monoisotopic (exact) mass is 401 g/mol. The molecule has 148 valence electrons. The van der Waals surface area contributed by atoms with Gasteiger partial charge in [-0.15, -0.1) is 0 Å². The molecule has 0 spiro atoms. The van der Waals surface area contributed by atoms with Crippen LogP contribution in [0.15, 0.2) is 109 Å². The molecule has 1 aromatic heterocycles. The molecule has 3 nitrogen and oxygen atoms in total. The molecular formula is C28H23N3+2. The van der Waals surface area contributed by atoms with Gasteiger partial charge in [0.25, 0.3) is 5.84 Å². The van der Waals surface area contributed by atoms with Crippen molar-refractivity contribution in [2.45, 2.75) is 0 Å². The van der Waals surface area contributed by atoms with Crippen molar-refractivity contribution in [3.05, 3.63) is 115 Å². The van der Waals surface area contributed by atoms with E-state index in [2.05, 4.69) is 77.8 Å². The standard InChI is InChI=1S/C28H21N3/c29-28(30)23-12-5-10-21(16-23)24-17-26(25-13-6-14-31-27(25)18-24)22-11-4-9-20(15-22)19-7-2-1-3-8-19/h1-18H,(H3,29,30)/p+2. The maximum absolute atomic E-state index is 5.83. The number of nitrogens with one attached hydrogen (secondary N) is 1. The molecule has 0 atom stereocenters. The lowest BCUT2D eigenvalue weighted by atomic mass is 9.92. The molecule has 4 aromatic carbocycles. The minimum Gasteiger partial charge on any atom is -0.287 e. The first kappa shape index (κ1) is 18.8. The van der Waals surface area contributed by atoms with Crippen LogP contribution in [0.25, 0.3) is 44.3 Å². The van der Waals surface area contributed by atoms with E-state index >= 15 is 0 Å². The van der Waals surface area contributed by atoms with E-state index in [0.29, 0.717) is 5.84 Å². The Morgan fingerprint density at radius 2 is 1.32 bits per heavy atom. The third-order valence-electron chi connectivity index (χ3n) is 5.59. The van der Waals surface area contributed by atoms with Gasteiger partial charge in [-0.25, -0.2) is 4.98 Å². The molecule has 1 heterocycles. The summed E-state index contributed by atoms with van der Waals surface area (Å²) in [6, 6.07) is 35.8. The van der Waals surface area contributed by atoms with E-state index in [1.807, 2.05) is 36.5 Å². The first-order valence-corrected chi connectivity index (χ1v) is 10.3. The van der Waals surface area contributed by atoms with Gasteiger partial charge in [-0.05, 0) is 63.7 Å². The Balaban J connectivity index is 1.71. The van der Waals surface area contributed by atoms with Crippen molar-refractivity contribution in [3.63, 3.8) is 0 Å². The fourth-order valence-corrected chi connectivity index (χ4v) is 4.02. The molecule has 3 heteroatoms. The average Bonchev–Trinajstić information content (AvgIpc) is 2.84. The zero-order valence-electron chi connectivity index (χ0n) is 17.0. The summed E-state index contributed by atoms with van der Waals surface area (Å²) < 4.78 is 0. The number of fused-ring (bicyclic) bond motifs is 1. The van der Waals surface area contributed by atoms with E-state index in [1.54, 1.807) is 0 Å². The zero-order chi connectivity index (χ0) is 21.2. The van der Waals surface area contributed by atoms with Gasteiger partial charge in [0.1, 0.15) is 0 Å². The van der Waals surface area contributed by atoms with Gasteiger partial charge in [-0.1, -0.05) is 60.7 Å². The highest BCUT2D eigenvalue weighted by molar-refractivity contribution is 5.98. The highest BCUT2D eigenvalue weighted by Gasteiger charge is 2.13. The van der Waals surface area contributed by atoms with E-state index < -0.39 is 0 Å². The van der Waals surface area contributed by atoms with Gasteiger partial charge in [0, 0.05) is 12.1 Å². The van der Waals surface area contributed by atoms with E-state index in [0.717, 1.165) is 22.2 Å². The molecular weight excluding hydrogens is 378 g/mol. The van der Waals surface area contributed by atoms with Crippen molar-refractivity contribution < 1.29 is 10.4 Å². The van der Waals surface area contributed by atoms with Gasteiger partial charge >= 0.3 is 0 Å². The van der Waals surface area contributed by atoms with Crippen molar-refractivity contribution >= 4 is 16.7 Å². The summed E-state index contributed by atoms with van der Waals surface area (Å²) in [4.78, 5) is 3.40. The highest BCUT2D eigenvalue weighted by atomic mass is 14.7. The molecule has 5 rings (SSSR count). The fourth-order valence-electron chi connectivity index (χ4n) is 4.02. The number of hydrogen-bond donors (Lipinski definition) is 2. The number of aromatic amines is 1. The minimum atomic E-state index is 0.324. The van der Waals surface area contributed by atoms with Crippen LogP contribution in [0.4, 0.5) is 0 Å². The zero-order valence-corrected chi connectivity index (χ0v) is 17.0.